The van der Waals surface area contributed by atoms with Crippen LogP contribution in [0.15, 0.2) is 24.0 Å². The standard InChI is InChI=1S/C11H13N3O3/c15-7-8-1-3-14(4-2-8)10-6-12-9(5-13-10)11(16)17/h1,5-6,15H,2-4,7H2,(H,16,17). The molecule has 0 bridgehead atoms. The topological polar surface area (TPSA) is 86.5 Å². The number of carboxylic acid groups (broad SMARTS) is 1. The van der Waals surface area contributed by atoms with Gasteiger partial charge < -0.3 is 15.1 Å². The SMILES string of the molecule is O=C(O)c1cnc(N2CC=C(CO)CC2)cn1. The number of aliphatic hydroxyl groups excluding tert-OH is 1. The minimum Gasteiger partial charge on any atom is -0.476 e. The summed E-state index contributed by atoms with van der Waals surface area (Å²) in [6.45, 7) is 1.52. The van der Waals surface area contributed by atoms with Gasteiger partial charge in [-0.25, -0.2) is 14.8 Å². The van der Waals surface area contributed by atoms with Crippen molar-refractivity contribution in [1.82, 2.24) is 9.97 Å². The summed E-state index contributed by atoms with van der Waals surface area (Å²) in [6.07, 6.45) is 5.46. The molecule has 0 aliphatic carbocycles. The van der Waals surface area contributed by atoms with Crippen LogP contribution in [0.4, 0.5) is 5.82 Å². The monoisotopic (exact) mass is 235 g/mol. The number of carbonyl (C=O) groups is 1. The van der Waals surface area contributed by atoms with Crippen molar-refractivity contribution in [2.24, 2.45) is 0 Å². The van der Waals surface area contributed by atoms with Gasteiger partial charge in [0.25, 0.3) is 0 Å². The van der Waals surface area contributed by atoms with Crippen LogP contribution in [0.2, 0.25) is 0 Å². The quantitative estimate of drug-likeness (QED) is 0.733. The number of aromatic carboxylic acids is 1. The summed E-state index contributed by atoms with van der Waals surface area (Å²) < 4.78 is 0. The summed E-state index contributed by atoms with van der Waals surface area (Å²) in [4.78, 5) is 20.5. The van der Waals surface area contributed by atoms with Crippen molar-refractivity contribution < 1.29 is 15.0 Å². The first kappa shape index (κ1) is 11.5. The van der Waals surface area contributed by atoms with E-state index in [1.807, 2.05) is 11.0 Å². The Labute approximate surface area is 98.2 Å². The molecule has 2 N–H and O–H groups in total. The number of hydrogen-bond donors (Lipinski definition) is 2. The second-order valence-corrected chi connectivity index (χ2v) is 3.78. The van der Waals surface area contributed by atoms with Gasteiger partial charge in [0.05, 0.1) is 19.0 Å². The van der Waals surface area contributed by atoms with Gasteiger partial charge in [-0.3, -0.25) is 0 Å². The molecule has 0 unspecified atom stereocenters. The maximum atomic E-state index is 10.6. The van der Waals surface area contributed by atoms with Crippen LogP contribution in [-0.2, 0) is 0 Å². The van der Waals surface area contributed by atoms with Crippen LogP contribution in [0, 0.1) is 0 Å². The van der Waals surface area contributed by atoms with Crippen LogP contribution in [-0.4, -0.2) is 45.8 Å². The van der Waals surface area contributed by atoms with E-state index in [-0.39, 0.29) is 12.3 Å². The number of anilines is 1. The lowest BCUT2D eigenvalue weighted by Gasteiger charge is -2.26. The summed E-state index contributed by atoms with van der Waals surface area (Å²) in [6, 6.07) is 0. The van der Waals surface area contributed by atoms with Crippen molar-refractivity contribution in [2.45, 2.75) is 6.42 Å². The van der Waals surface area contributed by atoms with Crippen molar-refractivity contribution in [3.63, 3.8) is 0 Å². The molecular formula is C11H13N3O3. The molecule has 1 aromatic rings. The molecule has 1 aliphatic heterocycles. The van der Waals surface area contributed by atoms with Gasteiger partial charge in [-0.05, 0) is 12.0 Å². The summed E-state index contributed by atoms with van der Waals surface area (Å²) in [5.41, 5.74) is 0.966. The van der Waals surface area contributed by atoms with Gasteiger partial charge in [-0.2, -0.15) is 0 Å². The van der Waals surface area contributed by atoms with E-state index in [0.29, 0.717) is 12.4 Å². The Hall–Kier alpha value is -1.95. The van der Waals surface area contributed by atoms with Crippen molar-refractivity contribution in [2.75, 3.05) is 24.6 Å². The Bertz CT molecular complexity index is 442. The zero-order chi connectivity index (χ0) is 12.3. The van der Waals surface area contributed by atoms with E-state index >= 15 is 0 Å². The number of rotatable bonds is 3. The van der Waals surface area contributed by atoms with E-state index in [0.717, 1.165) is 18.5 Å². The highest BCUT2D eigenvalue weighted by Gasteiger charge is 2.14. The van der Waals surface area contributed by atoms with Gasteiger partial charge in [0.1, 0.15) is 5.82 Å². The van der Waals surface area contributed by atoms with Gasteiger partial charge in [-0.15, -0.1) is 0 Å². The normalized spacial score (nSPS) is 15.6. The molecule has 0 fully saturated rings. The van der Waals surface area contributed by atoms with Crippen LogP contribution in [0.5, 0.6) is 0 Å². The first-order chi connectivity index (χ1) is 8.20. The lowest BCUT2D eigenvalue weighted by atomic mass is 10.1. The van der Waals surface area contributed by atoms with Crippen LogP contribution >= 0.6 is 0 Å². The smallest absolute Gasteiger partial charge is 0.356 e. The van der Waals surface area contributed by atoms with E-state index in [9.17, 15) is 4.79 Å². The van der Waals surface area contributed by atoms with E-state index < -0.39 is 5.97 Å². The summed E-state index contributed by atoms with van der Waals surface area (Å²) >= 11 is 0. The third-order valence-corrected chi connectivity index (χ3v) is 2.69. The van der Waals surface area contributed by atoms with Gasteiger partial charge in [0.15, 0.2) is 5.69 Å². The molecule has 2 rings (SSSR count). The molecule has 0 aromatic carbocycles. The summed E-state index contributed by atoms with van der Waals surface area (Å²) in [5.74, 6) is -0.423. The lowest BCUT2D eigenvalue weighted by molar-refractivity contribution is 0.0690. The van der Waals surface area contributed by atoms with Crippen molar-refractivity contribution >= 4 is 11.8 Å². The fourth-order valence-electron chi connectivity index (χ4n) is 1.66. The molecule has 0 saturated heterocycles. The van der Waals surface area contributed by atoms with Crippen molar-refractivity contribution in [3.05, 3.63) is 29.7 Å². The first-order valence-electron chi connectivity index (χ1n) is 5.30. The summed E-state index contributed by atoms with van der Waals surface area (Å²) in [7, 11) is 0. The van der Waals surface area contributed by atoms with E-state index in [2.05, 4.69) is 9.97 Å². The molecule has 1 aromatic heterocycles. The molecule has 0 spiro atoms. The zero-order valence-electron chi connectivity index (χ0n) is 9.20. The average Bonchev–Trinajstić information content (AvgIpc) is 2.39. The number of nitrogens with zero attached hydrogens (tertiary/aromatic N) is 3. The number of hydrogen-bond acceptors (Lipinski definition) is 5. The Balaban J connectivity index is 2.09. The zero-order valence-corrected chi connectivity index (χ0v) is 9.20. The fraction of sp³-hybridized carbons (Fsp3) is 0.364. The van der Waals surface area contributed by atoms with E-state index in [1.165, 1.54) is 12.4 Å². The molecule has 0 saturated carbocycles. The number of aliphatic hydroxyl groups is 1. The second kappa shape index (κ2) is 4.92. The second-order valence-electron chi connectivity index (χ2n) is 3.78. The fourth-order valence-corrected chi connectivity index (χ4v) is 1.66. The molecule has 6 heteroatoms. The van der Waals surface area contributed by atoms with Crippen LogP contribution < -0.4 is 4.90 Å². The molecule has 17 heavy (non-hydrogen) atoms. The third-order valence-electron chi connectivity index (χ3n) is 2.69. The average molecular weight is 235 g/mol. The van der Waals surface area contributed by atoms with Crippen LogP contribution in [0.1, 0.15) is 16.9 Å². The molecule has 90 valence electrons. The van der Waals surface area contributed by atoms with E-state index in [1.54, 1.807) is 0 Å². The Morgan fingerprint density at radius 2 is 2.24 bits per heavy atom. The predicted molar refractivity (Wildman–Crippen MR) is 61.0 cm³/mol. The maximum Gasteiger partial charge on any atom is 0.356 e. The molecular weight excluding hydrogens is 222 g/mol. The first-order valence-corrected chi connectivity index (χ1v) is 5.30. The number of carboxylic acids is 1. The largest absolute Gasteiger partial charge is 0.476 e. The molecule has 0 radical (unpaired) electrons. The van der Waals surface area contributed by atoms with Gasteiger partial charge >= 0.3 is 5.97 Å². The Kier molecular flexibility index (Phi) is 3.34. The highest BCUT2D eigenvalue weighted by Crippen LogP contribution is 2.16. The third kappa shape index (κ3) is 2.59. The number of aromatic nitrogens is 2. The van der Waals surface area contributed by atoms with Crippen LogP contribution in [0.25, 0.3) is 0 Å². The molecule has 2 heterocycles. The Morgan fingerprint density at radius 1 is 1.41 bits per heavy atom. The predicted octanol–water partition coefficient (Wildman–Crippen LogP) is 0.304. The van der Waals surface area contributed by atoms with Gasteiger partial charge in [0.2, 0.25) is 0 Å². The molecule has 0 amide bonds. The maximum absolute atomic E-state index is 10.6. The van der Waals surface area contributed by atoms with Crippen molar-refractivity contribution in [1.29, 1.82) is 0 Å². The van der Waals surface area contributed by atoms with Gasteiger partial charge in [-0.1, -0.05) is 6.08 Å². The molecule has 6 nitrogen and oxygen atoms in total. The molecule has 1 aliphatic rings. The lowest BCUT2D eigenvalue weighted by Crippen LogP contribution is -2.30. The highest BCUT2D eigenvalue weighted by atomic mass is 16.4. The van der Waals surface area contributed by atoms with Crippen molar-refractivity contribution in [3.8, 4) is 0 Å². The Morgan fingerprint density at radius 3 is 2.71 bits per heavy atom. The molecule has 0 atom stereocenters. The summed E-state index contributed by atoms with van der Waals surface area (Å²) in [5, 5.41) is 17.7. The van der Waals surface area contributed by atoms with Crippen LogP contribution in [0.3, 0.4) is 0 Å². The van der Waals surface area contributed by atoms with E-state index in [4.69, 9.17) is 10.2 Å². The minimum atomic E-state index is -1.08. The highest BCUT2D eigenvalue weighted by molar-refractivity contribution is 5.84. The minimum absolute atomic E-state index is 0.0580. The van der Waals surface area contributed by atoms with Gasteiger partial charge in [0, 0.05) is 13.1 Å².